The Morgan fingerprint density at radius 1 is 0.551 bits per heavy atom. The SMILES string of the molecule is CCC[C@H](N[C@@H](C)C(=O)N1[C@H](C(=O)O)C[C@@H]2CCCC[C@@H]21)C(=O)OCC.CCOC(=O)[C@H](CCc1ccccc1)N[C@@H](C)C(=O)N1CC2(C[C@H]1C(=O)O)SCCS2.CCOC(=O)[C@H](CCc1ccccc1)N[C@@H](C)C(=O)N1Cc2ccccc2C[C@H]1C(=O)O. The van der Waals surface area contributed by atoms with Crippen molar-refractivity contribution in [3.8, 4) is 0 Å². The average molecular weight is 1270 g/mol. The van der Waals surface area contributed by atoms with E-state index >= 15 is 0 Å². The van der Waals surface area contributed by atoms with Crippen LogP contribution in [-0.4, -0.2) is 186 Å². The first kappa shape index (κ1) is 71.5. The van der Waals surface area contributed by atoms with Crippen molar-refractivity contribution in [3.63, 3.8) is 0 Å². The van der Waals surface area contributed by atoms with Crippen molar-refractivity contribution in [3.05, 3.63) is 107 Å². The van der Waals surface area contributed by atoms with Crippen LogP contribution in [0.3, 0.4) is 0 Å². The number of ether oxygens (including phenoxy) is 3. The summed E-state index contributed by atoms with van der Waals surface area (Å²) in [6, 6.07) is 20.7. The predicted molar refractivity (Wildman–Crippen MR) is 340 cm³/mol. The topological polar surface area (TPSA) is 288 Å². The average Bonchev–Trinajstić information content (AvgIpc) is 2.43. The molecule has 3 saturated heterocycles. The summed E-state index contributed by atoms with van der Waals surface area (Å²) in [5.41, 5.74) is 4.06. The molecule has 5 aliphatic rings. The standard InChI is InChI=1S/C25H30N2O5.C22H30N2O5S2.C19H32N2O5/c1-3-32-25(31)21(14-13-18-9-5-4-6-10-18)26-17(2)23(28)27-16-20-12-8-7-11-19(20)15-22(27)24(29)30;1-3-29-21(28)17(10-9-16-7-5-4-6-8-16)23-15(2)19(25)24-14-22(30-11-12-31-22)13-18(24)20(26)27;1-4-8-14(19(25)26-5-2)20-12(3)17(22)21-15-10-7-6-9-13(15)11-16(21)18(23)24/h4-12,17,21-22,26H,3,13-16H2,1-2H3,(H,29,30);4-8,15,17-18,23H,3,9-14H2,1-2H3,(H,26,27);12-16,20H,4-11H2,1-3H3,(H,23,24)/t17-,21-,22-;15-,17-,18-;12-,13-,14-,15-,16-/m000/s1. The minimum absolute atomic E-state index is 0.00817. The van der Waals surface area contributed by atoms with Gasteiger partial charge in [0.15, 0.2) is 0 Å². The monoisotopic (exact) mass is 1270 g/mol. The Morgan fingerprint density at radius 2 is 0.989 bits per heavy atom. The molecule has 11 atom stereocenters. The molecule has 3 aromatic rings. The zero-order valence-electron chi connectivity index (χ0n) is 52.5. The fourth-order valence-electron chi connectivity index (χ4n) is 12.5. The van der Waals surface area contributed by atoms with Crippen molar-refractivity contribution in [2.24, 2.45) is 5.92 Å². The molecule has 4 aliphatic heterocycles. The maximum absolute atomic E-state index is 13.3. The predicted octanol–water partition coefficient (Wildman–Crippen LogP) is 6.90. The number of carbonyl (C=O) groups excluding carboxylic acids is 6. The first-order chi connectivity index (χ1) is 42.7. The van der Waals surface area contributed by atoms with Crippen LogP contribution in [0.25, 0.3) is 0 Å². The molecule has 0 radical (unpaired) electrons. The molecule has 23 heteroatoms. The number of benzene rings is 3. The van der Waals surface area contributed by atoms with Gasteiger partial charge in [-0.15, -0.1) is 23.5 Å². The number of carbonyl (C=O) groups is 9. The van der Waals surface area contributed by atoms with E-state index < -0.39 is 84.2 Å². The van der Waals surface area contributed by atoms with Crippen LogP contribution in [0.2, 0.25) is 0 Å². The third kappa shape index (κ3) is 20.0. The number of thioether (sulfide) groups is 2. The molecule has 89 heavy (non-hydrogen) atoms. The zero-order valence-corrected chi connectivity index (χ0v) is 54.1. The van der Waals surface area contributed by atoms with Gasteiger partial charge in [-0.1, -0.05) is 111 Å². The van der Waals surface area contributed by atoms with Crippen LogP contribution >= 0.6 is 23.5 Å². The molecule has 3 aromatic carbocycles. The van der Waals surface area contributed by atoms with Crippen molar-refractivity contribution >= 4 is 77.1 Å². The highest BCUT2D eigenvalue weighted by Crippen LogP contribution is 2.52. The third-order valence-corrected chi connectivity index (χ3v) is 20.4. The van der Waals surface area contributed by atoms with E-state index in [1.807, 2.05) is 91.9 Å². The minimum atomic E-state index is -1.04. The van der Waals surface area contributed by atoms with Crippen molar-refractivity contribution in [1.82, 2.24) is 30.7 Å². The third-order valence-electron chi connectivity index (χ3n) is 17.0. The van der Waals surface area contributed by atoms with Crippen LogP contribution in [-0.2, 0) is 83.2 Å². The van der Waals surface area contributed by atoms with E-state index in [1.165, 1.54) is 9.80 Å². The van der Waals surface area contributed by atoms with Gasteiger partial charge in [0.1, 0.15) is 36.3 Å². The number of fused-ring (bicyclic) bond motifs is 2. The molecule has 1 aliphatic carbocycles. The Kier molecular flexibility index (Phi) is 28.3. The van der Waals surface area contributed by atoms with Gasteiger partial charge in [0.2, 0.25) is 17.7 Å². The zero-order chi connectivity index (χ0) is 64.8. The summed E-state index contributed by atoms with van der Waals surface area (Å²) in [5.74, 6) is -2.76. The molecule has 1 saturated carbocycles. The van der Waals surface area contributed by atoms with E-state index in [-0.39, 0.29) is 65.9 Å². The lowest BCUT2D eigenvalue weighted by atomic mass is 9.84. The first-order valence-electron chi connectivity index (χ1n) is 31.5. The summed E-state index contributed by atoms with van der Waals surface area (Å²) in [6.45, 7) is 13.7. The minimum Gasteiger partial charge on any atom is -0.480 e. The molecule has 6 N–H and O–H groups in total. The number of carboxylic acid groups (broad SMARTS) is 3. The highest BCUT2D eigenvalue weighted by Gasteiger charge is 2.52. The second-order valence-electron chi connectivity index (χ2n) is 23.3. The number of esters is 3. The normalized spacial score (nSPS) is 21.8. The number of likely N-dealkylation sites (tertiary alicyclic amines) is 2. The van der Waals surface area contributed by atoms with Gasteiger partial charge in [0, 0.05) is 43.5 Å². The summed E-state index contributed by atoms with van der Waals surface area (Å²) in [4.78, 5) is 117. The van der Waals surface area contributed by atoms with Gasteiger partial charge in [-0.05, 0) is 121 Å². The van der Waals surface area contributed by atoms with Crippen molar-refractivity contribution in [2.45, 2.75) is 203 Å². The highest BCUT2D eigenvalue weighted by atomic mass is 32.2. The van der Waals surface area contributed by atoms with E-state index in [4.69, 9.17) is 14.2 Å². The Balaban J connectivity index is 0.000000214. The van der Waals surface area contributed by atoms with Crippen LogP contribution in [0.4, 0.5) is 0 Å². The Hall–Kier alpha value is -6.53. The smallest absolute Gasteiger partial charge is 0.326 e. The number of hydrogen-bond donors (Lipinski definition) is 6. The fraction of sp³-hybridized carbons (Fsp3) is 0.591. The van der Waals surface area contributed by atoms with E-state index in [2.05, 4.69) is 16.0 Å². The van der Waals surface area contributed by atoms with Gasteiger partial charge in [0.05, 0.1) is 42.0 Å². The number of rotatable bonds is 26. The molecule has 4 heterocycles. The van der Waals surface area contributed by atoms with Crippen molar-refractivity contribution in [2.75, 3.05) is 37.9 Å². The first-order valence-corrected chi connectivity index (χ1v) is 33.4. The Morgan fingerprint density at radius 3 is 1.46 bits per heavy atom. The van der Waals surface area contributed by atoms with Gasteiger partial charge in [-0.2, -0.15) is 0 Å². The second-order valence-corrected chi connectivity index (χ2v) is 26.5. The highest BCUT2D eigenvalue weighted by molar-refractivity contribution is 8.21. The van der Waals surface area contributed by atoms with Crippen LogP contribution < -0.4 is 16.0 Å². The van der Waals surface area contributed by atoms with E-state index in [0.717, 1.165) is 65.9 Å². The number of aliphatic carboxylic acids is 3. The molecule has 1 spiro atoms. The quantitative estimate of drug-likeness (QED) is 0.0352. The van der Waals surface area contributed by atoms with Crippen LogP contribution in [0.5, 0.6) is 0 Å². The maximum Gasteiger partial charge on any atom is 0.326 e. The largest absolute Gasteiger partial charge is 0.480 e. The second kappa shape index (κ2) is 35.2. The molecule has 8 rings (SSSR count). The van der Waals surface area contributed by atoms with Crippen LogP contribution in [0.15, 0.2) is 84.9 Å². The number of amides is 3. The molecule has 0 aromatic heterocycles. The molecule has 0 bridgehead atoms. The molecular weight excluding hydrogens is 1180 g/mol. The number of nitrogens with zero attached hydrogens (tertiary/aromatic N) is 3. The van der Waals surface area contributed by atoms with Gasteiger partial charge in [-0.3, -0.25) is 44.7 Å². The van der Waals surface area contributed by atoms with Crippen LogP contribution in [0.1, 0.15) is 135 Å². The molecular formula is C66H92N6O15S2. The lowest BCUT2D eigenvalue weighted by molar-refractivity contribution is -0.153. The lowest BCUT2D eigenvalue weighted by Gasteiger charge is -2.36. The summed E-state index contributed by atoms with van der Waals surface area (Å²) in [5, 5.41) is 38.3. The summed E-state index contributed by atoms with van der Waals surface area (Å²) in [6.07, 6.45) is 8.84. The van der Waals surface area contributed by atoms with Crippen molar-refractivity contribution in [1.29, 1.82) is 0 Å². The van der Waals surface area contributed by atoms with Gasteiger partial charge in [-0.25, -0.2) is 14.4 Å². The maximum atomic E-state index is 13.3. The number of aryl methyl sites for hydroxylation is 2. The molecule has 21 nitrogen and oxygen atoms in total. The van der Waals surface area contributed by atoms with Gasteiger partial charge < -0.3 is 44.2 Å². The molecule has 0 unspecified atom stereocenters. The van der Waals surface area contributed by atoms with E-state index in [1.54, 1.807) is 70.0 Å². The van der Waals surface area contributed by atoms with Crippen LogP contribution in [0, 0.1) is 5.92 Å². The fourth-order valence-corrected chi connectivity index (χ4v) is 15.8. The Bertz CT molecular complexity index is 2850. The lowest BCUT2D eigenvalue weighted by Crippen LogP contribution is -2.56. The van der Waals surface area contributed by atoms with Crippen molar-refractivity contribution < 1.29 is 72.7 Å². The van der Waals surface area contributed by atoms with E-state index in [9.17, 15) is 58.5 Å². The summed E-state index contributed by atoms with van der Waals surface area (Å²) >= 11 is 3.50. The Labute approximate surface area is 531 Å². The summed E-state index contributed by atoms with van der Waals surface area (Å²) in [7, 11) is 0. The van der Waals surface area contributed by atoms with Gasteiger partial charge in [0.25, 0.3) is 0 Å². The molecule has 488 valence electrons. The van der Waals surface area contributed by atoms with E-state index in [0.29, 0.717) is 58.1 Å². The molecule has 3 amide bonds. The number of nitrogens with one attached hydrogen (secondary N) is 3. The number of carboxylic acids is 3. The summed E-state index contributed by atoms with van der Waals surface area (Å²) < 4.78 is 15.3. The van der Waals surface area contributed by atoms with Gasteiger partial charge >= 0.3 is 35.8 Å². The number of hydrogen-bond acceptors (Lipinski definition) is 17. The molecule has 4 fully saturated rings.